The third-order valence-corrected chi connectivity index (χ3v) is 5.27. The summed E-state index contributed by atoms with van der Waals surface area (Å²) in [5.41, 5.74) is 2.20. The van der Waals surface area contributed by atoms with Gasteiger partial charge in [0.1, 0.15) is 5.75 Å². The highest BCUT2D eigenvalue weighted by atomic mass is 16.5. The van der Waals surface area contributed by atoms with Crippen LogP contribution < -0.4 is 9.64 Å². The molecule has 1 atom stereocenters. The zero-order valence-electron chi connectivity index (χ0n) is 17.0. The second kappa shape index (κ2) is 9.96. The Hall–Kier alpha value is -3.02. The van der Waals surface area contributed by atoms with E-state index in [1.807, 2.05) is 61.5 Å². The van der Waals surface area contributed by atoms with Gasteiger partial charge in [-0.25, -0.2) is 0 Å². The Bertz CT molecular complexity index is 799. The van der Waals surface area contributed by atoms with E-state index in [1.54, 1.807) is 12.0 Å². The topological polar surface area (TPSA) is 59.1 Å². The number of methoxy groups -OCH3 is 1. The lowest BCUT2D eigenvalue weighted by Gasteiger charge is -2.36. The highest BCUT2D eigenvalue weighted by Crippen LogP contribution is 2.21. The molecule has 1 aliphatic heterocycles. The van der Waals surface area contributed by atoms with Crippen molar-refractivity contribution in [2.24, 2.45) is 0 Å². The first kappa shape index (κ1) is 20.7. The third kappa shape index (κ3) is 5.73. The fourth-order valence-corrected chi connectivity index (χ4v) is 3.45. The van der Waals surface area contributed by atoms with Gasteiger partial charge in [-0.2, -0.15) is 0 Å². The van der Waals surface area contributed by atoms with E-state index in [2.05, 4.69) is 4.90 Å². The van der Waals surface area contributed by atoms with E-state index >= 15 is 0 Å². The lowest BCUT2D eigenvalue weighted by atomic mass is 9.98. The number of hydrogen-bond acceptors (Lipinski definition) is 5. The summed E-state index contributed by atoms with van der Waals surface area (Å²) >= 11 is 0. The van der Waals surface area contributed by atoms with Crippen LogP contribution in [0.25, 0.3) is 0 Å². The average Bonchev–Trinajstić information content (AvgIpc) is 2.78. The van der Waals surface area contributed by atoms with Crippen LogP contribution in [0.2, 0.25) is 0 Å². The number of nitrogens with zero attached hydrogens (tertiary/aromatic N) is 2. The van der Waals surface area contributed by atoms with Crippen LogP contribution in [-0.2, 0) is 14.3 Å². The molecule has 0 spiro atoms. The van der Waals surface area contributed by atoms with E-state index in [-0.39, 0.29) is 30.8 Å². The molecule has 0 aliphatic carbocycles. The van der Waals surface area contributed by atoms with Gasteiger partial charge in [0.15, 0.2) is 6.61 Å². The third-order valence-electron chi connectivity index (χ3n) is 5.27. The summed E-state index contributed by atoms with van der Waals surface area (Å²) in [6, 6.07) is 17.7. The number of carbonyl (C=O) groups excluding carboxylic acids is 2. The molecule has 6 heteroatoms. The van der Waals surface area contributed by atoms with Gasteiger partial charge < -0.3 is 19.3 Å². The van der Waals surface area contributed by atoms with Crippen LogP contribution in [-0.4, -0.2) is 56.7 Å². The molecule has 1 amide bonds. The molecular formula is C23H28N2O4. The molecule has 0 N–H and O–H groups in total. The maximum absolute atomic E-state index is 12.4. The van der Waals surface area contributed by atoms with Gasteiger partial charge in [0.25, 0.3) is 5.91 Å². The van der Waals surface area contributed by atoms with Crippen molar-refractivity contribution < 1.29 is 19.1 Å². The summed E-state index contributed by atoms with van der Waals surface area (Å²) in [6.45, 7) is 4.51. The van der Waals surface area contributed by atoms with Gasteiger partial charge in [-0.3, -0.25) is 9.59 Å². The summed E-state index contributed by atoms with van der Waals surface area (Å²) in [5, 5.41) is 0. The van der Waals surface area contributed by atoms with Gasteiger partial charge >= 0.3 is 5.97 Å². The van der Waals surface area contributed by atoms with Crippen molar-refractivity contribution in [3.05, 3.63) is 60.2 Å². The van der Waals surface area contributed by atoms with Crippen LogP contribution in [0, 0.1) is 0 Å². The van der Waals surface area contributed by atoms with E-state index < -0.39 is 0 Å². The standard InChI is InChI=1S/C23H28N2O4/c1-18(19-6-4-3-5-7-19)16-23(27)29-17-22(26)25-14-12-24(13-15-25)20-8-10-21(28-2)11-9-20/h3-11,18H,12-17H2,1-2H3/t18-/m0/s1. The van der Waals surface area contributed by atoms with Gasteiger partial charge in [-0.05, 0) is 35.7 Å². The zero-order chi connectivity index (χ0) is 20.6. The average molecular weight is 396 g/mol. The van der Waals surface area contributed by atoms with Crippen LogP contribution in [0.5, 0.6) is 5.75 Å². The van der Waals surface area contributed by atoms with Crippen LogP contribution in [0.15, 0.2) is 54.6 Å². The maximum atomic E-state index is 12.4. The molecule has 0 radical (unpaired) electrons. The van der Waals surface area contributed by atoms with Crippen molar-refractivity contribution in [3.8, 4) is 5.75 Å². The Morgan fingerprint density at radius 2 is 1.62 bits per heavy atom. The first-order valence-corrected chi connectivity index (χ1v) is 9.94. The van der Waals surface area contributed by atoms with Crippen LogP contribution >= 0.6 is 0 Å². The number of rotatable bonds is 7. The predicted octanol–water partition coefficient (Wildman–Crippen LogP) is 3.08. The van der Waals surface area contributed by atoms with Crippen molar-refractivity contribution in [1.82, 2.24) is 4.90 Å². The van der Waals surface area contributed by atoms with Crippen LogP contribution in [0.1, 0.15) is 24.8 Å². The number of ether oxygens (including phenoxy) is 2. The molecule has 29 heavy (non-hydrogen) atoms. The number of carbonyl (C=O) groups is 2. The van der Waals surface area contributed by atoms with E-state index in [0.29, 0.717) is 13.1 Å². The fraction of sp³-hybridized carbons (Fsp3) is 0.391. The van der Waals surface area contributed by atoms with Crippen LogP contribution in [0.4, 0.5) is 5.69 Å². The fourth-order valence-electron chi connectivity index (χ4n) is 3.45. The molecule has 1 aliphatic rings. The minimum Gasteiger partial charge on any atom is -0.497 e. The molecule has 0 bridgehead atoms. The smallest absolute Gasteiger partial charge is 0.306 e. The summed E-state index contributed by atoms with van der Waals surface area (Å²) in [5.74, 6) is 0.407. The SMILES string of the molecule is COc1ccc(N2CCN(C(=O)COC(=O)C[C@H](C)c3ccccc3)CC2)cc1. The van der Waals surface area contributed by atoms with Gasteiger partial charge in [-0.15, -0.1) is 0 Å². The largest absolute Gasteiger partial charge is 0.497 e. The number of anilines is 1. The Balaban J connectivity index is 1.40. The van der Waals surface area contributed by atoms with Gasteiger partial charge in [0.05, 0.1) is 13.5 Å². The molecule has 2 aromatic rings. The molecule has 0 aromatic heterocycles. The van der Waals surface area contributed by atoms with E-state index in [0.717, 1.165) is 30.1 Å². The maximum Gasteiger partial charge on any atom is 0.306 e. The first-order chi connectivity index (χ1) is 14.1. The van der Waals surface area contributed by atoms with E-state index in [1.165, 1.54) is 0 Å². The Kier molecular flexibility index (Phi) is 7.11. The molecule has 6 nitrogen and oxygen atoms in total. The zero-order valence-corrected chi connectivity index (χ0v) is 17.0. The van der Waals surface area contributed by atoms with Gasteiger partial charge in [-0.1, -0.05) is 37.3 Å². The lowest BCUT2D eigenvalue weighted by molar-refractivity contribution is -0.152. The normalized spacial score (nSPS) is 15.0. The van der Waals surface area contributed by atoms with Crippen molar-refractivity contribution in [2.75, 3.05) is 44.8 Å². The summed E-state index contributed by atoms with van der Waals surface area (Å²) in [6.07, 6.45) is 0.266. The van der Waals surface area contributed by atoms with Crippen LogP contribution in [0.3, 0.4) is 0 Å². The second-order valence-electron chi connectivity index (χ2n) is 7.24. The molecule has 1 heterocycles. The monoisotopic (exact) mass is 396 g/mol. The van der Waals surface area contributed by atoms with E-state index in [9.17, 15) is 9.59 Å². The van der Waals surface area contributed by atoms with Gasteiger partial charge in [0.2, 0.25) is 0 Å². The molecule has 154 valence electrons. The lowest BCUT2D eigenvalue weighted by Crippen LogP contribution is -2.49. The summed E-state index contributed by atoms with van der Waals surface area (Å²) in [7, 11) is 1.65. The minimum atomic E-state index is -0.341. The van der Waals surface area contributed by atoms with Crippen molar-refractivity contribution in [1.29, 1.82) is 0 Å². The highest BCUT2D eigenvalue weighted by Gasteiger charge is 2.22. The molecule has 1 saturated heterocycles. The number of hydrogen-bond donors (Lipinski definition) is 0. The minimum absolute atomic E-state index is 0.0619. The molecule has 1 fully saturated rings. The molecule has 3 rings (SSSR count). The first-order valence-electron chi connectivity index (χ1n) is 9.94. The molecular weight excluding hydrogens is 368 g/mol. The second-order valence-corrected chi connectivity index (χ2v) is 7.24. The van der Waals surface area contributed by atoms with Crippen molar-refractivity contribution in [2.45, 2.75) is 19.3 Å². The predicted molar refractivity (Wildman–Crippen MR) is 112 cm³/mol. The van der Waals surface area contributed by atoms with Crippen molar-refractivity contribution in [3.63, 3.8) is 0 Å². The van der Waals surface area contributed by atoms with E-state index in [4.69, 9.17) is 9.47 Å². The number of benzene rings is 2. The molecule has 0 unspecified atom stereocenters. The summed E-state index contributed by atoms with van der Waals surface area (Å²) < 4.78 is 10.4. The summed E-state index contributed by atoms with van der Waals surface area (Å²) in [4.78, 5) is 28.5. The number of amides is 1. The molecule has 2 aromatic carbocycles. The van der Waals surface area contributed by atoms with Gasteiger partial charge in [0, 0.05) is 31.9 Å². The molecule has 0 saturated carbocycles. The Morgan fingerprint density at radius 3 is 2.24 bits per heavy atom. The highest BCUT2D eigenvalue weighted by molar-refractivity contribution is 5.81. The number of esters is 1. The van der Waals surface area contributed by atoms with Crippen molar-refractivity contribution >= 4 is 17.6 Å². The Labute approximate surface area is 172 Å². The quantitative estimate of drug-likeness (QED) is 0.673. The Morgan fingerprint density at radius 1 is 0.966 bits per heavy atom. The number of piperazine rings is 1.